The SMILES string of the molecule is COCC(O)CNS(=O)(=O)c1ccsc1C(=O)O. The van der Waals surface area contributed by atoms with Gasteiger partial charge in [-0.05, 0) is 11.4 Å². The van der Waals surface area contributed by atoms with Gasteiger partial charge in [-0.2, -0.15) is 0 Å². The molecule has 0 aromatic carbocycles. The smallest absolute Gasteiger partial charge is 0.347 e. The topological polar surface area (TPSA) is 113 Å². The lowest BCUT2D eigenvalue weighted by atomic mass is 10.4. The molecule has 0 fully saturated rings. The molecule has 9 heteroatoms. The summed E-state index contributed by atoms with van der Waals surface area (Å²) in [6, 6.07) is 1.21. The number of aliphatic hydroxyl groups is 1. The number of carbonyl (C=O) groups is 1. The van der Waals surface area contributed by atoms with Crippen molar-refractivity contribution in [2.24, 2.45) is 0 Å². The molecule has 0 saturated heterocycles. The van der Waals surface area contributed by atoms with Crippen molar-refractivity contribution < 1.29 is 28.2 Å². The van der Waals surface area contributed by atoms with E-state index in [0.717, 1.165) is 11.3 Å². The van der Waals surface area contributed by atoms with E-state index in [2.05, 4.69) is 9.46 Å². The van der Waals surface area contributed by atoms with E-state index in [1.807, 2.05) is 0 Å². The van der Waals surface area contributed by atoms with Gasteiger partial charge in [-0.1, -0.05) is 0 Å². The summed E-state index contributed by atoms with van der Waals surface area (Å²) in [5, 5.41) is 19.5. The third-order valence-corrected chi connectivity index (χ3v) is 4.48. The fourth-order valence-corrected chi connectivity index (χ4v) is 3.53. The molecule has 1 atom stereocenters. The van der Waals surface area contributed by atoms with Gasteiger partial charge in [0.15, 0.2) is 0 Å². The minimum Gasteiger partial charge on any atom is -0.477 e. The van der Waals surface area contributed by atoms with Crippen molar-refractivity contribution in [2.75, 3.05) is 20.3 Å². The zero-order valence-electron chi connectivity index (χ0n) is 9.49. The number of sulfonamides is 1. The number of aliphatic hydroxyl groups excluding tert-OH is 1. The highest BCUT2D eigenvalue weighted by atomic mass is 32.2. The first kappa shape index (κ1) is 15.1. The highest BCUT2D eigenvalue weighted by molar-refractivity contribution is 7.89. The van der Waals surface area contributed by atoms with Crippen LogP contribution in [0, 0.1) is 0 Å². The van der Waals surface area contributed by atoms with Crippen LogP contribution >= 0.6 is 11.3 Å². The minimum atomic E-state index is -3.94. The molecule has 0 bridgehead atoms. The quantitative estimate of drug-likeness (QED) is 0.638. The number of carboxylic acids is 1. The first-order chi connectivity index (χ1) is 8.38. The molecule has 7 nitrogen and oxygen atoms in total. The Morgan fingerprint density at radius 2 is 2.28 bits per heavy atom. The van der Waals surface area contributed by atoms with Crippen LogP contribution < -0.4 is 4.72 Å². The fraction of sp³-hybridized carbons (Fsp3) is 0.444. The zero-order valence-corrected chi connectivity index (χ0v) is 11.1. The number of aromatic carboxylic acids is 1. The molecule has 0 radical (unpaired) electrons. The summed E-state index contributed by atoms with van der Waals surface area (Å²) in [7, 11) is -2.57. The average molecular weight is 295 g/mol. The van der Waals surface area contributed by atoms with Crippen molar-refractivity contribution in [3.8, 4) is 0 Å². The lowest BCUT2D eigenvalue weighted by Crippen LogP contribution is -2.34. The fourth-order valence-electron chi connectivity index (χ4n) is 1.20. The molecule has 0 spiro atoms. The summed E-state index contributed by atoms with van der Waals surface area (Å²) < 4.78 is 30.4. The molecule has 0 aliphatic rings. The van der Waals surface area contributed by atoms with Crippen LogP contribution in [0.3, 0.4) is 0 Å². The summed E-state index contributed by atoms with van der Waals surface area (Å²) in [6.45, 7) is -0.261. The number of carboxylic acid groups (broad SMARTS) is 1. The van der Waals surface area contributed by atoms with Gasteiger partial charge in [0.25, 0.3) is 0 Å². The van der Waals surface area contributed by atoms with Crippen molar-refractivity contribution in [1.29, 1.82) is 0 Å². The molecule has 3 N–H and O–H groups in total. The van der Waals surface area contributed by atoms with Gasteiger partial charge < -0.3 is 14.9 Å². The molecular weight excluding hydrogens is 282 g/mol. The number of thiophene rings is 1. The van der Waals surface area contributed by atoms with Crippen LogP contribution in [0.2, 0.25) is 0 Å². The second-order valence-electron chi connectivity index (χ2n) is 3.38. The summed E-state index contributed by atoms with van der Waals surface area (Å²) in [5.41, 5.74) is 0. The number of ether oxygens (including phenoxy) is 1. The molecule has 18 heavy (non-hydrogen) atoms. The number of hydrogen-bond donors (Lipinski definition) is 3. The first-order valence-electron chi connectivity index (χ1n) is 4.86. The van der Waals surface area contributed by atoms with Gasteiger partial charge in [0.2, 0.25) is 10.0 Å². The molecule has 1 unspecified atom stereocenters. The van der Waals surface area contributed by atoms with Gasteiger partial charge in [0, 0.05) is 13.7 Å². The monoisotopic (exact) mass is 295 g/mol. The lowest BCUT2D eigenvalue weighted by Gasteiger charge is -2.11. The maximum absolute atomic E-state index is 11.8. The zero-order chi connectivity index (χ0) is 13.8. The Bertz CT molecular complexity index is 509. The van der Waals surface area contributed by atoms with E-state index in [9.17, 15) is 18.3 Å². The number of rotatable bonds is 7. The van der Waals surface area contributed by atoms with Gasteiger partial charge in [0.05, 0.1) is 12.7 Å². The van der Waals surface area contributed by atoms with Crippen LogP contribution in [0.4, 0.5) is 0 Å². The van der Waals surface area contributed by atoms with E-state index in [-0.39, 0.29) is 22.9 Å². The average Bonchev–Trinajstić information content (AvgIpc) is 2.76. The van der Waals surface area contributed by atoms with Crippen LogP contribution in [-0.4, -0.2) is 51.0 Å². The Morgan fingerprint density at radius 3 is 2.83 bits per heavy atom. The number of methoxy groups -OCH3 is 1. The van der Waals surface area contributed by atoms with Crippen LogP contribution in [0.25, 0.3) is 0 Å². The maximum atomic E-state index is 11.8. The molecule has 0 amide bonds. The van der Waals surface area contributed by atoms with E-state index in [4.69, 9.17) is 5.11 Å². The maximum Gasteiger partial charge on any atom is 0.347 e. The second kappa shape index (κ2) is 6.25. The predicted octanol–water partition coefficient (Wildman–Crippen LogP) is -0.268. The van der Waals surface area contributed by atoms with Crippen LogP contribution in [0.5, 0.6) is 0 Å². The Balaban J connectivity index is 2.80. The number of nitrogens with one attached hydrogen (secondary N) is 1. The highest BCUT2D eigenvalue weighted by Gasteiger charge is 2.24. The van der Waals surface area contributed by atoms with Gasteiger partial charge >= 0.3 is 5.97 Å². The molecule has 1 aromatic rings. The molecule has 0 saturated carbocycles. The van der Waals surface area contributed by atoms with Gasteiger partial charge in [0.1, 0.15) is 9.77 Å². The van der Waals surface area contributed by atoms with Gasteiger partial charge in [-0.3, -0.25) is 0 Å². The third kappa shape index (κ3) is 3.75. The van der Waals surface area contributed by atoms with E-state index < -0.39 is 22.1 Å². The van der Waals surface area contributed by atoms with Gasteiger partial charge in [-0.25, -0.2) is 17.9 Å². The second-order valence-corrected chi connectivity index (χ2v) is 6.03. The molecule has 0 aliphatic carbocycles. The normalized spacial score (nSPS) is 13.4. The van der Waals surface area contributed by atoms with Crippen LogP contribution in [0.15, 0.2) is 16.3 Å². The molecule has 1 rings (SSSR count). The van der Waals surface area contributed by atoms with E-state index in [1.165, 1.54) is 18.6 Å². The van der Waals surface area contributed by atoms with Crippen molar-refractivity contribution in [3.63, 3.8) is 0 Å². The summed E-state index contributed by atoms with van der Waals surface area (Å²) in [4.78, 5) is 10.3. The van der Waals surface area contributed by atoms with E-state index in [0.29, 0.717) is 0 Å². The lowest BCUT2D eigenvalue weighted by molar-refractivity contribution is 0.0679. The standard InChI is InChI=1S/C9H13NO6S2/c1-16-5-6(11)4-10-18(14,15)7-2-3-17-8(7)9(12)13/h2-3,6,10-11H,4-5H2,1H3,(H,12,13). The summed E-state index contributed by atoms with van der Waals surface area (Å²) >= 11 is 0.823. The molecular formula is C9H13NO6S2. The summed E-state index contributed by atoms with van der Waals surface area (Å²) in [6.07, 6.45) is -0.989. The molecule has 1 aromatic heterocycles. The van der Waals surface area contributed by atoms with Crippen molar-refractivity contribution in [3.05, 3.63) is 16.3 Å². The number of hydrogen-bond acceptors (Lipinski definition) is 6. The first-order valence-corrected chi connectivity index (χ1v) is 7.22. The van der Waals surface area contributed by atoms with Crippen molar-refractivity contribution in [1.82, 2.24) is 4.72 Å². The third-order valence-electron chi connectivity index (χ3n) is 1.98. The Kier molecular flexibility index (Phi) is 5.23. The molecule has 102 valence electrons. The Hall–Kier alpha value is -1.00. The highest BCUT2D eigenvalue weighted by Crippen LogP contribution is 2.21. The van der Waals surface area contributed by atoms with E-state index in [1.54, 1.807) is 0 Å². The largest absolute Gasteiger partial charge is 0.477 e. The van der Waals surface area contributed by atoms with Crippen LogP contribution in [0.1, 0.15) is 9.67 Å². The van der Waals surface area contributed by atoms with Gasteiger partial charge in [-0.15, -0.1) is 11.3 Å². The van der Waals surface area contributed by atoms with Crippen molar-refractivity contribution >= 4 is 27.3 Å². The summed E-state index contributed by atoms with van der Waals surface area (Å²) in [5.74, 6) is -1.30. The molecule has 0 aliphatic heterocycles. The van der Waals surface area contributed by atoms with E-state index >= 15 is 0 Å². The van der Waals surface area contributed by atoms with Crippen molar-refractivity contribution in [2.45, 2.75) is 11.0 Å². The predicted molar refractivity (Wildman–Crippen MR) is 64.3 cm³/mol. The Labute approximate surface area is 108 Å². The van der Waals surface area contributed by atoms with Crippen LogP contribution in [-0.2, 0) is 14.8 Å². The minimum absolute atomic E-state index is 0.0159. The Morgan fingerprint density at radius 1 is 1.61 bits per heavy atom. The molecule has 1 heterocycles.